The number of allylic oxidation sites excluding steroid dienone is 1. The zero-order chi connectivity index (χ0) is 21.6. The van der Waals surface area contributed by atoms with Crippen molar-refractivity contribution in [1.82, 2.24) is 14.7 Å². The molecule has 10 nitrogen and oxygen atoms in total. The summed E-state index contributed by atoms with van der Waals surface area (Å²) >= 11 is 1.40. The van der Waals surface area contributed by atoms with Crippen LogP contribution in [0.1, 0.15) is 6.42 Å². The number of carbonyl (C=O) groups excluding carboxylic acids is 3. The molecule has 30 heavy (non-hydrogen) atoms. The number of amides is 3. The molecule has 3 saturated heterocycles. The van der Waals surface area contributed by atoms with Gasteiger partial charge in [0, 0.05) is 31.0 Å². The van der Waals surface area contributed by atoms with Crippen molar-refractivity contribution in [2.75, 3.05) is 32.0 Å². The number of hydrogen-bond donors (Lipinski definition) is 2. The Balaban J connectivity index is 1.45. The van der Waals surface area contributed by atoms with Gasteiger partial charge in [0.25, 0.3) is 0 Å². The minimum atomic E-state index is -1.21. The van der Waals surface area contributed by atoms with Crippen LogP contribution in [0, 0.1) is 0 Å². The van der Waals surface area contributed by atoms with Gasteiger partial charge in [-0.3, -0.25) is 14.5 Å². The third-order valence-electron chi connectivity index (χ3n) is 5.63. The maximum absolute atomic E-state index is 12.8. The van der Waals surface area contributed by atoms with Gasteiger partial charge in [0.1, 0.15) is 23.7 Å². The zero-order valence-electron chi connectivity index (χ0n) is 16.2. The van der Waals surface area contributed by atoms with Crippen molar-refractivity contribution < 1.29 is 29.0 Å². The lowest BCUT2D eigenvalue weighted by Crippen LogP contribution is -2.68. The number of likely N-dealkylation sites (tertiary alicyclic amines) is 2. The average molecular weight is 434 g/mol. The second-order valence-electron chi connectivity index (χ2n) is 7.46. The fraction of sp³-hybridized carbons (Fsp3) is 0.474. The summed E-state index contributed by atoms with van der Waals surface area (Å²) in [5.41, 5.74) is 6.61. The Labute approximate surface area is 177 Å². The quantitative estimate of drug-likeness (QED) is 0.343. The molecule has 3 amide bonds. The molecule has 0 saturated carbocycles. The number of nitrogens with zero attached hydrogens (tertiary/aromatic N) is 3. The molecule has 0 radical (unpaired) electrons. The molecule has 3 N–H and O–H groups in total. The zero-order valence-corrected chi connectivity index (χ0v) is 17.0. The number of rotatable bonds is 5. The molecule has 0 aromatic carbocycles. The van der Waals surface area contributed by atoms with Crippen molar-refractivity contribution in [3.05, 3.63) is 35.6 Å². The van der Waals surface area contributed by atoms with Crippen molar-refractivity contribution in [2.24, 2.45) is 5.73 Å². The van der Waals surface area contributed by atoms with Gasteiger partial charge < -0.3 is 25.4 Å². The molecule has 3 fully saturated rings. The Kier molecular flexibility index (Phi) is 5.33. The molecule has 4 aliphatic rings. The number of carbonyl (C=O) groups is 4. The van der Waals surface area contributed by atoms with Crippen LogP contribution in [0.3, 0.4) is 0 Å². The molecule has 4 aliphatic heterocycles. The van der Waals surface area contributed by atoms with Crippen LogP contribution < -0.4 is 5.73 Å². The summed E-state index contributed by atoms with van der Waals surface area (Å²) in [7, 11) is 0. The van der Waals surface area contributed by atoms with E-state index in [1.54, 1.807) is 11.0 Å². The number of β-lactam (4-membered cyclic amide) rings is 1. The van der Waals surface area contributed by atoms with Gasteiger partial charge in [-0.2, -0.15) is 0 Å². The fourth-order valence-electron chi connectivity index (χ4n) is 4.00. The third kappa shape index (κ3) is 3.27. The molecule has 0 aliphatic carbocycles. The normalized spacial score (nSPS) is 27.8. The van der Waals surface area contributed by atoms with E-state index in [1.165, 1.54) is 27.6 Å². The molecule has 160 valence electrons. The molecule has 4 heterocycles. The number of thioether (sulfide) groups is 1. The lowest BCUT2D eigenvalue weighted by molar-refractivity contribution is -0.147. The van der Waals surface area contributed by atoms with Crippen molar-refractivity contribution in [2.45, 2.75) is 23.9 Å². The Hall–Kier alpha value is -2.79. The van der Waals surface area contributed by atoms with Crippen LogP contribution in [-0.2, 0) is 19.1 Å². The van der Waals surface area contributed by atoms with Crippen LogP contribution in [0.15, 0.2) is 35.6 Å². The first-order valence-electron chi connectivity index (χ1n) is 9.54. The predicted molar refractivity (Wildman–Crippen MR) is 107 cm³/mol. The number of carboxylic acids is 1. The Morgan fingerprint density at radius 3 is 2.73 bits per heavy atom. The fourth-order valence-corrected chi connectivity index (χ4v) is 5.25. The second-order valence-corrected chi connectivity index (χ2v) is 8.56. The largest absolute Gasteiger partial charge is 0.477 e. The smallest absolute Gasteiger partial charge is 0.410 e. The minimum Gasteiger partial charge on any atom is -0.477 e. The summed E-state index contributed by atoms with van der Waals surface area (Å²) in [5, 5.41) is 9.25. The van der Waals surface area contributed by atoms with Crippen LogP contribution >= 0.6 is 11.8 Å². The summed E-state index contributed by atoms with van der Waals surface area (Å²) in [5.74, 6) is -1.43. The first-order valence-corrected chi connectivity index (χ1v) is 10.6. The molecule has 11 heteroatoms. The maximum Gasteiger partial charge on any atom is 0.410 e. The number of aliphatic carboxylic acids is 1. The van der Waals surface area contributed by atoms with E-state index in [0.29, 0.717) is 43.0 Å². The molecule has 0 bridgehead atoms. The van der Waals surface area contributed by atoms with E-state index in [1.807, 2.05) is 0 Å². The van der Waals surface area contributed by atoms with Crippen molar-refractivity contribution in [1.29, 1.82) is 0 Å². The van der Waals surface area contributed by atoms with Gasteiger partial charge in [-0.15, -0.1) is 11.8 Å². The van der Waals surface area contributed by atoms with Gasteiger partial charge >= 0.3 is 12.1 Å². The van der Waals surface area contributed by atoms with Gasteiger partial charge in [0.05, 0.1) is 6.04 Å². The molecular weight excluding hydrogens is 412 g/mol. The molecule has 0 aromatic heterocycles. The van der Waals surface area contributed by atoms with Crippen molar-refractivity contribution in [3.8, 4) is 0 Å². The van der Waals surface area contributed by atoms with Crippen LogP contribution in [0.2, 0.25) is 0 Å². The van der Waals surface area contributed by atoms with Gasteiger partial charge in [0.15, 0.2) is 0 Å². The standard InChI is InChI=1S/C19H22N4O6S/c1-2-5-29-19(28)21-7-12(8-21)22-4-3-10(15(22)24)6-11-9-30-17-13(20)16(25)23(17)14(11)18(26)27/h2,6,12-13,17H,1,3-5,7-9,20H2,(H,26,27)/b10-6+/t13-,17-/m1/s1. The van der Waals surface area contributed by atoms with Crippen LogP contribution in [0.5, 0.6) is 0 Å². The highest BCUT2D eigenvalue weighted by molar-refractivity contribution is 8.00. The number of ether oxygens (including phenoxy) is 1. The van der Waals surface area contributed by atoms with Gasteiger partial charge in [0.2, 0.25) is 11.8 Å². The molecule has 0 aromatic rings. The van der Waals surface area contributed by atoms with E-state index in [2.05, 4.69) is 6.58 Å². The summed E-state index contributed by atoms with van der Waals surface area (Å²) in [4.78, 5) is 52.9. The van der Waals surface area contributed by atoms with Crippen LogP contribution in [0.4, 0.5) is 4.79 Å². The summed E-state index contributed by atoms with van der Waals surface area (Å²) < 4.78 is 4.98. The highest BCUT2D eigenvalue weighted by atomic mass is 32.2. The second kappa shape index (κ2) is 7.80. The summed E-state index contributed by atoms with van der Waals surface area (Å²) in [6, 6.07) is -0.783. The highest BCUT2D eigenvalue weighted by Crippen LogP contribution is 2.40. The first-order chi connectivity index (χ1) is 14.3. The monoisotopic (exact) mass is 434 g/mol. The van der Waals surface area contributed by atoms with Gasteiger partial charge in [-0.05, 0) is 18.1 Å². The van der Waals surface area contributed by atoms with E-state index in [4.69, 9.17) is 10.5 Å². The van der Waals surface area contributed by atoms with Crippen molar-refractivity contribution in [3.63, 3.8) is 0 Å². The number of hydrogen-bond acceptors (Lipinski definition) is 7. The lowest BCUT2D eigenvalue weighted by atomic mass is 10.0. The van der Waals surface area contributed by atoms with Crippen LogP contribution in [0.25, 0.3) is 0 Å². The number of fused-ring (bicyclic) bond motifs is 1. The van der Waals surface area contributed by atoms with E-state index < -0.39 is 24.0 Å². The molecule has 4 rings (SSSR count). The Bertz CT molecular complexity index is 893. The molecule has 2 atom stereocenters. The number of carboxylic acid groups (broad SMARTS) is 1. The number of nitrogens with two attached hydrogens (primary N) is 1. The van der Waals surface area contributed by atoms with E-state index in [0.717, 1.165) is 0 Å². The predicted octanol–water partition coefficient (Wildman–Crippen LogP) is -0.267. The van der Waals surface area contributed by atoms with E-state index in [9.17, 15) is 24.3 Å². The molecular formula is C19H22N4O6S. The van der Waals surface area contributed by atoms with E-state index in [-0.39, 0.29) is 29.6 Å². The first kappa shape index (κ1) is 20.5. The summed E-state index contributed by atoms with van der Waals surface area (Å²) in [6.07, 6.45) is 3.13. The van der Waals surface area contributed by atoms with Gasteiger partial charge in [-0.25, -0.2) is 9.59 Å². The molecule has 0 unspecified atom stereocenters. The lowest BCUT2D eigenvalue weighted by Gasteiger charge is -2.47. The average Bonchev–Trinajstić information content (AvgIpc) is 3.04. The van der Waals surface area contributed by atoms with Crippen LogP contribution in [-0.4, -0.2) is 93.1 Å². The maximum atomic E-state index is 12.8. The minimum absolute atomic E-state index is 0.0901. The van der Waals surface area contributed by atoms with Crippen molar-refractivity contribution >= 4 is 35.6 Å². The van der Waals surface area contributed by atoms with E-state index >= 15 is 0 Å². The highest BCUT2D eigenvalue weighted by Gasteiger charge is 2.51. The van der Waals surface area contributed by atoms with Gasteiger partial charge in [-0.1, -0.05) is 12.7 Å². The molecule has 0 spiro atoms. The Morgan fingerprint density at radius 1 is 1.33 bits per heavy atom. The third-order valence-corrected chi connectivity index (χ3v) is 6.96. The summed E-state index contributed by atoms with van der Waals surface area (Å²) in [6.45, 7) is 4.93. The topological polar surface area (TPSA) is 133 Å². The Morgan fingerprint density at radius 2 is 2.07 bits per heavy atom. The SMILES string of the molecule is C=CCOC(=O)N1CC(N2CC/C(=C\C3=C(C(=O)O)N4C(=O)[C@@H](N)[C@H]4SC3)C2=O)C1.